The molecule has 4 nitrogen and oxygen atoms in total. The molecule has 0 aromatic heterocycles. The van der Waals surface area contributed by atoms with Gasteiger partial charge in [0.05, 0.1) is 11.3 Å². The quantitative estimate of drug-likeness (QED) is 0.742. The van der Waals surface area contributed by atoms with Crippen molar-refractivity contribution in [2.75, 3.05) is 10.6 Å². The van der Waals surface area contributed by atoms with Gasteiger partial charge >= 0.3 is 6.18 Å². The molecule has 0 aliphatic rings. The smallest absolute Gasteiger partial charge is 0.325 e. The van der Waals surface area contributed by atoms with E-state index in [0.29, 0.717) is 5.69 Å². The highest BCUT2D eigenvalue weighted by atomic mass is 19.4. The fraction of sp³-hybridized carbons (Fsp3) is 0.300. The number of hydrogen-bond donors (Lipinski definition) is 2. The van der Waals surface area contributed by atoms with Crippen LogP contribution in [0.25, 0.3) is 0 Å². The van der Waals surface area contributed by atoms with E-state index in [1.54, 1.807) is 0 Å². The van der Waals surface area contributed by atoms with Crippen molar-refractivity contribution in [3.05, 3.63) is 59.2 Å². The Labute approximate surface area is 155 Å². The number of para-hydroxylation sites is 2. The molecule has 0 saturated carbocycles. The summed E-state index contributed by atoms with van der Waals surface area (Å²) in [5.74, 6) is -1.44. The first kappa shape index (κ1) is 20.5. The molecule has 0 radical (unpaired) electrons. The van der Waals surface area contributed by atoms with Gasteiger partial charge in [-0.1, -0.05) is 30.3 Å². The molecule has 144 valence electrons. The van der Waals surface area contributed by atoms with Crippen molar-refractivity contribution in [1.82, 2.24) is 0 Å². The Balaban J connectivity index is 2.24. The van der Waals surface area contributed by atoms with E-state index in [1.807, 2.05) is 32.0 Å². The number of halogens is 3. The second kappa shape index (κ2) is 7.42. The van der Waals surface area contributed by atoms with E-state index >= 15 is 0 Å². The molecule has 2 aromatic rings. The summed E-state index contributed by atoms with van der Waals surface area (Å²) in [6.45, 7) is 6.35. The van der Waals surface area contributed by atoms with E-state index in [1.165, 1.54) is 26.0 Å². The predicted octanol–water partition coefficient (Wildman–Crippen LogP) is 4.93. The Bertz CT molecular complexity index is 854. The lowest BCUT2D eigenvalue weighted by molar-refractivity contribution is -0.137. The van der Waals surface area contributed by atoms with Crippen molar-refractivity contribution < 1.29 is 22.8 Å². The molecule has 2 N–H and O–H groups in total. The maximum atomic E-state index is 13.1. The molecule has 0 atom stereocenters. The van der Waals surface area contributed by atoms with Gasteiger partial charge in [-0.2, -0.15) is 13.2 Å². The Kier molecular flexibility index (Phi) is 5.63. The number of alkyl halides is 3. The van der Waals surface area contributed by atoms with Crippen molar-refractivity contribution >= 4 is 23.2 Å². The highest BCUT2D eigenvalue weighted by Crippen LogP contribution is 2.35. The third-order valence-electron chi connectivity index (χ3n) is 4.34. The Morgan fingerprint density at radius 2 is 1.33 bits per heavy atom. The maximum Gasteiger partial charge on any atom is 0.418 e. The van der Waals surface area contributed by atoms with E-state index in [0.717, 1.165) is 23.3 Å². The minimum absolute atomic E-state index is 0.386. The third kappa shape index (κ3) is 4.48. The molecule has 0 aliphatic heterocycles. The zero-order valence-electron chi connectivity index (χ0n) is 15.5. The number of amides is 2. The number of aryl methyl sites for hydroxylation is 2. The number of nitrogens with one attached hydrogen (secondary N) is 2. The lowest BCUT2D eigenvalue weighted by Gasteiger charge is -2.24. The average Bonchev–Trinajstić information content (AvgIpc) is 2.57. The monoisotopic (exact) mass is 378 g/mol. The van der Waals surface area contributed by atoms with Crippen LogP contribution in [0.4, 0.5) is 24.5 Å². The number of anilines is 2. The van der Waals surface area contributed by atoms with Gasteiger partial charge in [0.2, 0.25) is 11.8 Å². The normalized spacial score (nSPS) is 11.8. The summed E-state index contributed by atoms with van der Waals surface area (Å²) in [5.41, 5.74) is -0.719. The fourth-order valence-corrected chi connectivity index (χ4v) is 2.50. The molecule has 0 saturated heterocycles. The summed E-state index contributed by atoms with van der Waals surface area (Å²) in [7, 11) is 0. The van der Waals surface area contributed by atoms with Gasteiger partial charge in [0, 0.05) is 5.69 Å². The molecular formula is C20H21F3N2O2. The first-order valence-corrected chi connectivity index (χ1v) is 8.30. The molecule has 7 heteroatoms. The lowest BCUT2D eigenvalue weighted by Crippen LogP contribution is -2.42. The van der Waals surface area contributed by atoms with Crippen LogP contribution in [0.15, 0.2) is 42.5 Å². The summed E-state index contributed by atoms with van der Waals surface area (Å²) < 4.78 is 39.3. The standard InChI is InChI=1S/C20H21F3N2O2/c1-12-8-7-9-13(2)16(12)25-18(27)19(3,4)17(26)24-15-11-6-5-10-14(15)20(21,22)23/h5-11H,1-4H3,(H,24,26)(H,25,27). The van der Waals surface area contributed by atoms with Crippen LogP contribution in [0.5, 0.6) is 0 Å². The topological polar surface area (TPSA) is 58.2 Å². The molecule has 2 amide bonds. The Morgan fingerprint density at radius 3 is 1.89 bits per heavy atom. The van der Waals surface area contributed by atoms with E-state index < -0.39 is 29.0 Å². The van der Waals surface area contributed by atoms with Crippen LogP contribution in [-0.2, 0) is 15.8 Å². The lowest BCUT2D eigenvalue weighted by atomic mass is 9.90. The molecule has 2 aromatic carbocycles. The molecule has 0 bridgehead atoms. The molecule has 0 fully saturated rings. The van der Waals surface area contributed by atoms with Gasteiger partial charge in [-0.15, -0.1) is 0 Å². The minimum atomic E-state index is -4.62. The number of rotatable bonds is 4. The predicted molar refractivity (Wildman–Crippen MR) is 98.4 cm³/mol. The summed E-state index contributed by atoms with van der Waals surface area (Å²) in [4.78, 5) is 25.2. The molecule has 0 spiro atoms. The molecule has 0 heterocycles. The summed E-state index contributed by atoms with van der Waals surface area (Å²) in [6, 6.07) is 10.1. The van der Waals surface area contributed by atoms with Crippen LogP contribution in [0, 0.1) is 19.3 Å². The van der Waals surface area contributed by atoms with Crippen LogP contribution < -0.4 is 10.6 Å². The molecule has 2 rings (SSSR count). The van der Waals surface area contributed by atoms with Gasteiger partial charge in [-0.3, -0.25) is 9.59 Å². The third-order valence-corrected chi connectivity index (χ3v) is 4.34. The highest BCUT2D eigenvalue weighted by Gasteiger charge is 2.39. The van der Waals surface area contributed by atoms with Gasteiger partial charge in [-0.25, -0.2) is 0 Å². The number of benzene rings is 2. The van der Waals surface area contributed by atoms with Gasteiger partial charge in [0.15, 0.2) is 0 Å². The second-order valence-electron chi connectivity index (χ2n) is 6.84. The zero-order valence-corrected chi connectivity index (χ0v) is 15.5. The second-order valence-corrected chi connectivity index (χ2v) is 6.84. The van der Waals surface area contributed by atoms with Gasteiger partial charge in [0.1, 0.15) is 5.41 Å². The van der Waals surface area contributed by atoms with Crippen molar-refractivity contribution in [2.24, 2.45) is 5.41 Å². The summed E-state index contributed by atoms with van der Waals surface area (Å²) in [5, 5.41) is 4.94. The van der Waals surface area contributed by atoms with Crippen molar-refractivity contribution in [1.29, 1.82) is 0 Å². The van der Waals surface area contributed by atoms with E-state index in [-0.39, 0.29) is 5.69 Å². The first-order valence-electron chi connectivity index (χ1n) is 8.30. The van der Waals surface area contributed by atoms with Crippen LogP contribution >= 0.6 is 0 Å². The summed E-state index contributed by atoms with van der Waals surface area (Å²) in [6.07, 6.45) is -4.62. The van der Waals surface area contributed by atoms with E-state index in [9.17, 15) is 22.8 Å². The first-order chi connectivity index (χ1) is 12.4. The molecule has 0 unspecified atom stereocenters. The fourth-order valence-electron chi connectivity index (χ4n) is 2.50. The SMILES string of the molecule is Cc1cccc(C)c1NC(=O)C(C)(C)C(=O)Nc1ccccc1C(F)(F)F. The van der Waals surface area contributed by atoms with Gasteiger partial charge < -0.3 is 10.6 Å². The van der Waals surface area contributed by atoms with Crippen LogP contribution in [0.2, 0.25) is 0 Å². The maximum absolute atomic E-state index is 13.1. The highest BCUT2D eigenvalue weighted by molar-refractivity contribution is 6.14. The molecule has 0 aliphatic carbocycles. The number of carbonyl (C=O) groups excluding carboxylic acids is 2. The average molecular weight is 378 g/mol. The van der Waals surface area contributed by atoms with E-state index in [4.69, 9.17) is 0 Å². The molecular weight excluding hydrogens is 357 g/mol. The minimum Gasteiger partial charge on any atom is -0.325 e. The van der Waals surface area contributed by atoms with Crippen LogP contribution in [0.1, 0.15) is 30.5 Å². The van der Waals surface area contributed by atoms with E-state index in [2.05, 4.69) is 10.6 Å². The largest absolute Gasteiger partial charge is 0.418 e. The summed E-state index contributed by atoms with van der Waals surface area (Å²) >= 11 is 0. The van der Waals surface area contributed by atoms with Gasteiger partial charge in [-0.05, 0) is 51.0 Å². The Hall–Kier alpha value is -2.83. The van der Waals surface area contributed by atoms with Crippen molar-refractivity contribution in [3.8, 4) is 0 Å². The van der Waals surface area contributed by atoms with Crippen molar-refractivity contribution in [2.45, 2.75) is 33.9 Å². The zero-order chi connectivity index (χ0) is 20.4. The number of hydrogen-bond acceptors (Lipinski definition) is 2. The number of carbonyl (C=O) groups is 2. The van der Waals surface area contributed by atoms with Crippen molar-refractivity contribution in [3.63, 3.8) is 0 Å². The van der Waals surface area contributed by atoms with Crippen LogP contribution in [0.3, 0.4) is 0 Å². The van der Waals surface area contributed by atoms with Gasteiger partial charge in [0.25, 0.3) is 0 Å². The van der Waals surface area contributed by atoms with Crippen LogP contribution in [-0.4, -0.2) is 11.8 Å². The Morgan fingerprint density at radius 1 is 0.815 bits per heavy atom. The molecule has 27 heavy (non-hydrogen) atoms.